The van der Waals surface area contributed by atoms with Crippen molar-refractivity contribution in [2.45, 2.75) is 159 Å². The molecule has 1 aliphatic carbocycles. The molecule has 220 valence electrons. The van der Waals surface area contributed by atoms with Crippen molar-refractivity contribution in [1.29, 1.82) is 0 Å². The number of thioether (sulfide) groups is 1. The highest BCUT2D eigenvalue weighted by Gasteiger charge is 2.35. The second-order valence-electron chi connectivity index (χ2n) is 10.8. The molecule has 0 aromatic carbocycles. The predicted octanol–water partition coefficient (Wildman–Crippen LogP) is 8.37. The highest BCUT2D eigenvalue weighted by molar-refractivity contribution is 7.99. The van der Waals surface area contributed by atoms with Crippen molar-refractivity contribution in [3.8, 4) is 0 Å². The number of alkyl halides is 3. The average molecular weight is 555 g/mol. The number of carbonyl (C=O) groups is 1. The van der Waals surface area contributed by atoms with Crippen LogP contribution >= 0.6 is 11.8 Å². The number of esters is 1. The quantitative estimate of drug-likeness (QED) is 0.0981. The van der Waals surface area contributed by atoms with Gasteiger partial charge in [-0.05, 0) is 50.9 Å². The summed E-state index contributed by atoms with van der Waals surface area (Å²) in [4.78, 5) is 11.9. The van der Waals surface area contributed by atoms with Gasteiger partial charge in [0.25, 0.3) is 0 Å². The van der Waals surface area contributed by atoms with E-state index in [-0.39, 0.29) is 24.4 Å². The number of halogens is 3. The number of rotatable bonds is 23. The number of ether oxygens (including phenoxy) is 1. The third-order valence-electron chi connectivity index (χ3n) is 7.40. The molecule has 2 N–H and O–H groups in total. The first-order valence-corrected chi connectivity index (χ1v) is 16.0. The molecular weight excluding hydrogens is 501 g/mol. The summed E-state index contributed by atoms with van der Waals surface area (Å²) in [5, 5.41) is 20.8. The van der Waals surface area contributed by atoms with Crippen LogP contribution in [0.5, 0.6) is 0 Å². The summed E-state index contributed by atoms with van der Waals surface area (Å²) in [5.41, 5.74) is 0. The van der Waals surface area contributed by atoms with Crippen molar-refractivity contribution in [2.75, 3.05) is 12.4 Å². The van der Waals surface area contributed by atoms with Gasteiger partial charge in [0.1, 0.15) is 0 Å². The predicted molar refractivity (Wildman–Crippen MR) is 147 cm³/mol. The largest absolute Gasteiger partial charge is 0.466 e. The minimum absolute atomic E-state index is 0.0625. The van der Waals surface area contributed by atoms with Crippen LogP contribution in [-0.2, 0) is 9.53 Å². The average Bonchev–Trinajstić information content (AvgIpc) is 3.20. The lowest BCUT2D eigenvalue weighted by Gasteiger charge is -2.23. The van der Waals surface area contributed by atoms with Gasteiger partial charge in [-0.15, -0.1) is 0 Å². The van der Waals surface area contributed by atoms with Crippen LogP contribution in [0, 0.1) is 5.92 Å². The van der Waals surface area contributed by atoms with Crippen LogP contribution in [0.25, 0.3) is 0 Å². The van der Waals surface area contributed by atoms with E-state index in [0.29, 0.717) is 36.9 Å². The summed E-state index contributed by atoms with van der Waals surface area (Å²) in [6.07, 6.45) is 11.8. The summed E-state index contributed by atoms with van der Waals surface area (Å²) in [6.45, 7) is 2.76. The molecule has 1 fully saturated rings. The zero-order chi connectivity index (χ0) is 27.4. The smallest absolute Gasteiger partial charge is 0.389 e. The Morgan fingerprint density at radius 2 is 1.57 bits per heavy atom. The molecule has 0 aromatic heterocycles. The van der Waals surface area contributed by atoms with E-state index >= 15 is 0 Å². The Morgan fingerprint density at radius 3 is 2.27 bits per heavy atom. The lowest BCUT2D eigenvalue weighted by molar-refractivity contribution is -0.144. The number of hydrogen-bond acceptors (Lipinski definition) is 5. The van der Waals surface area contributed by atoms with Gasteiger partial charge in [-0.3, -0.25) is 4.79 Å². The van der Waals surface area contributed by atoms with E-state index in [1.807, 2.05) is 0 Å². The maximum Gasteiger partial charge on any atom is 0.389 e. The number of hydrogen-bond donors (Lipinski definition) is 2. The van der Waals surface area contributed by atoms with Crippen LogP contribution in [-0.4, -0.2) is 52.2 Å². The molecule has 37 heavy (non-hydrogen) atoms. The zero-order valence-corrected chi connectivity index (χ0v) is 23.9. The second-order valence-corrected chi connectivity index (χ2v) is 12.1. The van der Waals surface area contributed by atoms with E-state index in [2.05, 4.69) is 6.92 Å². The van der Waals surface area contributed by atoms with Crippen LogP contribution < -0.4 is 0 Å². The van der Waals surface area contributed by atoms with E-state index < -0.39 is 18.7 Å². The number of unbranched alkanes of at least 4 members (excludes halogenated alkanes) is 11. The molecule has 0 aromatic rings. The van der Waals surface area contributed by atoms with E-state index in [1.54, 1.807) is 11.8 Å². The minimum Gasteiger partial charge on any atom is -0.466 e. The monoisotopic (exact) mass is 554 g/mol. The van der Waals surface area contributed by atoms with Crippen LogP contribution in [0.1, 0.15) is 135 Å². The van der Waals surface area contributed by atoms with Gasteiger partial charge in [0.2, 0.25) is 0 Å². The van der Waals surface area contributed by atoms with Crippen molar-refractivity contribution < 1.29 is 32.9 Å². The van der Waals surface area contributed by atoms with Crippen molar-refractivity contribution in [3.05, 3.63) is 0 Å². The highest BCUT2D eigenvalue weighted by Crippen LogP contribution is 2.39. The molecule has 1 rings (SSSR count). The number of aliphatic hydroxyl groups excluding tert-OH is 2. The lowest BCUT2D eigenvalue weighted by Crippen LogP contribution is -2.22. The molecule has 4 atom stereocenters. The summed E-state index contributed by atoms with van der Waals surface area (Å²) in [5.74, 6) is 0.627. The number of aliphatic hydroxyl groups is 2. The molecule has 8 heteroatoms. The van der Waals surface area contributed by atoms with Crippen molar-refractivity contribution >= 4 is 17.7 Å². The zero-order valence-electron chi connectivity index (χ0n) is 23.1. The summed E-state index contributed by atoms with van der Waals surface area (Å²) in [7, 11) is 0. The molecule has 0 aliphatic heterocycles. The van der Waals surface area contributed by atoms with Gasteiger partial charge < -0.3 is 14.9 Å². The summed E-state index contributed by atoms with van der Waals surface area (Å²) in [6, 6.07) is 0. The SMILES string of the molecule is CCCCCCCCCCOC(=O)CCCCCCC1C(O)CCC1SCC(O)CCCCC(F)(F)F. The molecule has 0 spiro atoms. The van der Waals surface area contributed by atoms with Gasteiger partial charge >= 0.3 is 12.1 Å². The molecule has 0 saturated heterocycles. The Labute approximate surface area is 227 Å². The standard InChI is InChI=1S/C29H53F3O4S/c1-2-3-4-5-6-7-10-15-22-36-28(35)18-12-9-8-11-17-25-26(34)19-20-27(25)37-23-24(33)16-13-14-21-29(30,31)32/h24-27,33-34H,2-23H2,1H3. The first-order chi connectivity index (χ1) is 17.7. The summed E-state index contributed by atoms with van der Waals surface area (Å²) < 4.78 is 42.0. The van der Waals surface area contributed by atoms with Gasteiger partial charge in [-0.1, -0.05) is 77.6 Å². The van der Waals surface area contributed by atoms with Crippen LogP contribution in [0.3, 0.4) is 0 Å². The Balaban J connectivity index is 2.03. The first kappa shape index (κ1) is 34.6. The third kappa shape index (κ3) is 19.3. The molecular formula is C29H53F3O4S. The summed E-state index contributed by atoms with van der Waals surface area (Å²) >= 11 is 1.66. The Hall–Kier alpha value is -0.470. The van der Waals surface area contributed by atoms with Gasteiger partial charge in [-0.25, -0.2) is 0 Å². The molecule has 1 aliphatic rings. The lowest BCUT2D eigenvalue weighted by atomic mass is 9.97. The van der Waals surface area contributed by atoms with Gasteiger partial charge in [0, 0.05) is 23.8 Å². The molecule has 0 bridgehead atoms. The molecule has 0 heterocycles. The first-order valence-electron chi connectivity index (χ1n) is 14.9. The van der Waals surface area contributed by atoms with Crippen LogP contribution in [0.15, 0.2) is 0 Å². The highest BCUT2D eigenvalue weighted by atomic mass is 32.2. The van der Waals surface area contributed by atoms with E-state index in [0.717, 1.165) is 57.8 Å². The van der Waals surface area contributed by atoms with Crippen molar-refractivity contribution in [1.82, 2.24) is 0 Å². The van der Waals surface area contributed by atoms with E-state index in [1.165, 1.54) is 38.5 Å². The molecule has 4 unspecified atom stereocenters. The Bertz CT molecular complexity index is 562. The van der Waals surface area contributed by atoms with E-state index in [4.69, 9.17) is 4.74 Å². The van der Waals surface area contributed by atoms with Crippen LogP contribution in [0.2, 0.25) is 0 Å². The Kier molecular flexibility index (Phi) is 20.0. The maximum absolute atomic E-state index is 12.2. The fourth-order valence-electron chi connectivity index (χ4n) is 5.12. The van der Waals surface area contributed by atoms with Crippen LogP contribution in [0.4, 0.5) is 13.2 Å². The number of carbonyl (C=O) groups excluding carboxylic acids is 1. The van der Waals surface area contributed by atoms with E-state index in [9.17, 15) is 28.2 Å². The molecule has 1 saturated carbocycles. The molecule has 0 amide bonds. The fourth-order valence-corrected chi connectivity index (χ4v) is 6.62. The minimum atomic E-state index is -4.12. The van der Waals surface area contributed by atoms with Crippen molar-refractivity contribution in [3.63, 3.8) is 0 Å². The fraction of sp³-hybridized carbons (Fsp3) is 0.966. The topological polar surface area (TPSA) is 66.8 Å². The van der Waals surface area contributed by atoms with Gasteiger partial charge in [0.05, 0.1) is 18.8 Å². The normalized spacial score (nSPS) is 20.9. The van der Waals surface area contributed by atoms with Gasteiger partial charge in [-0.2, -0.15) is 24.9 Å². The molecule has 4 nitrogen and oxygen atoms in total. The Morgan fingerprint density at radius 1 is 0.919 bits per heavy atom. The van der Waals surface area contributed by atoms with Crippen molar-refractivity contribution in [2.24, 2.45) is 5.92 Å². The maximum atomic E-state index is 12.2. The second kappa shape index (κ2) is 21.4. The third-order valence-corrected chi connectivity index (χ3v) is 8.99. The van der Waals surface area contributed by atoms with Gasteiger partial charge in [0.15, 0.2) is 0 Å². The molecule has 0 radical (unpaired) electrons.